The van der Waals surface area contributed by atoms with Gasteiger partial charge in [0.15, 0.2) is 0 Å². The third-order valence-corrected chi connectivity index (χ3v) is 2.38. The van der Waals surface area contributed by atoms with Crippen LogP contribution in [0.15, 0.2) is 12.1 Å². The molecule has 1 aromatic heterocycles. The van der Waals surface area contributed by atoms with Crippen LogP contribution < -0.4 is 5.73 Å². The first-order chi connectivity index (χ1) is 4.74. The summed E-state index contributed by atoms with van der Waals surface area (Å²) in [4.78, 5) is 1.80. The molecule has 10 heavy (non-hydrogen) atoms. The number of thiophene rings is 1. The van der Waals surface area contributed by atoms with E-state index in [1.165, 1.54) is 11.3 Å². The minimum absolute atomic E-state index is 0.0482. The Labute approximate surface area is 63.9 Å². The fourth-order valence-electron chi connectivity index (χ4n) is 0.658. The minimum Gasteiger partial charge on any atom is -0.324 e. The Morgan fingerprint density at radius 1 is 1.70 bits per heavy atom. The largest absolute Gasteiger partial charge is 0.324 e. The van der Waals surface area contributed by atoms with Gasteiger partial charge < -0.3 is 5.73 Å². The molecule has 2 N–H and O–H groups in total. The third-order valence-electron chi connectivity index (χ3n) is 1.19. The van der Waals surface area contributed by atoms with E-state index in [0.717, 1.165) is 9.75 Å². The molecule has 0 aromatic carbocycles. The number of hydrogen-bond donors (Lipinski definition) is 1. The zero-order chi connectivity index (χ0) is 7.56. The number of hydrogen-bond acceptors (Lipinski definition) is 3. The van der Waals surface area contributed by atoms with Crippen LogP contribution in [-0.4, -0.2) is 0 Å². The van der Waals surface area contributed by atoms with Gasteiger partial charge in [0.25, 0.3) is 0 Å². The Hall–Kier alpha value is -0.850. The molecule has 0 saturated carbocycles. The van der Waals surface area contributed by atoms with Gasteiger partial charge in [-0.1, -0.05) is 0 Å². The summed E-state index contributed by atoms with van der Waals surface area (Å²) in [7, 11) is 0. The molecule has 0 bridgehead atoms. The van der Waals surface area contributed by atoms with Gasteiger partial charge in [0, 0.05) is 10.9 Å². The molecule has 0 radical (unpaired) electrons. The molecule has 1 heterocycles. The zero-order valence-corrected chi connectivity index (χ0v) is 6.48. The molecule has 1 aromatic rings. The van der Waals surface area contributed by atoms with Crippen LogP contribution in [0.3, 0.4) is 0 Å². The normalized spacial score (nSPS) is 12.5. The highest BCUT2D eigenvalue weighted by molar-refractivity contribution is 7.12. The maximum absolute atomic E-state index is 8.45. The van der Waals surface area contributed by atoms with E-state index in [-0.39, 0.29) is 6.04 Å². The first-order valence-corrected chi connectivity index (χ1v) is 3.81. The highest BCUT2D eigenvalue weighted by Gasteiger charge is 2.01. The van der Waals surface area contributed by atoms with Crippen LogP contribution >= 0.6 is 11.3 Å². The number of rotatable bonds is 1. The van der Waals surface area contributed by atoms with Gasteiger partial charge in [-0.25, -0.2) is 0 Å². The van der Waals surface area contributed by atoms with Crippen LogP contribution in [-0.2, 0) is 0 Å². The lowest BCUT2D eigenvalue weighted by Crippen LogP contribution is -2.01. The SMILES string of the molecule is C[C@@H](N)c1ccc(C#N)s1. The van der Waals surface area contributed by atoms with Gasteiger partial charge in [-0.05, 0) is 19.1 Å². The Balaban J connectivity index is 2.91. The summed E-state index contributed by atoms with van der Waals surface area (Å²) in [6.45, 7) is 1.91. The summed E-state index contributed by atoms with van der Waals surface area (Å²) >= 11 is 1.45. The first kappa shape index (κ1) is 7.26. The quantitative estimate of drug-likeness (QED) is 0.665. The molecule has 0 aliphatic carbocycles. The standard InChI is InChI=1S/C7H8N2S/c1-5(9)7-3-2-6(4-8)10-7/h2-3,5H,9H2,1H3/t5-/m1/s1. The van der Waals surface area contributed by atoms with Crippen molar-refractivity contribution in [3.8, 4) is 6.07 Å². The predicted octanol–water partition coefficient (Wildman–Crippen LogP) is 1.64. The zero-order valence-electron chi connectivity index (χ0n) is 5.66. The molecule has 1 atom stereocenters. The van der Waals surface area contributed by atoms with Gasteiger partial charge in [0.2, 0.25) is 0 Å². The van der Waals surface area contributed by atoms with E-state index in [1.807, 2.05) is 13.0 Å². The fourth-order valence-corrected chi connectivity index (χ4v) is 1.42. The van der Waals surface area contributed by atoms with Gasteiger partial charge in [-0.15, -0.1) is 11.3 Å². The molecular weight excluding hydrogens is 144 g/mol. The van der Waals surface area contributed by atoms with Crippen molar-refractivity contribution in [1.29, 1.82) is 5.26 Å². The van der Waals surface area contributed by atoms with Gasteiger partial charge in [-0.2, -0.15) is 5.26 Å². The van der Waals surface area contributed by atoms with E-state index < -0.39 is 0 Å². The van der Waals surface area contributed by atoms with Gasteiger partial charge in [-0.3, -0.25) is 0 Å². The Morgan fingerprint density at radius 3 is 2.70 bits per heavy atom. The van der Waals surface area contributed by atoms with Crippen LogP contribution in [0, 0.1) is 11.3 Å². The van der Waals surface area contributed by atoms with Crippen LogP contribution in [0.25, 0.3) is 0 Å². The van der Waals surface area contributed by atoms with Gasteiger partial charge >= 0.3 is 0 Å². The molecule has 0 aliphatic heterocycles. The molecule has 0 fully saturated rings. The van der Waals surface area contributed by atoms with Crippen molar-refractivity contribution in [2.45, 2.75) is 13.0 Å². The van der Waals surface area contributed by atoms with Crippen molar-refractivity contribution < 1.29 is 0 Å². The van der Waals surface area contributed by atoms with Crippen LogP contribution in [0.1, 0.15) is 22.7 Å². The second-order valence-corrected chi connectivity index (χ2v) is 3.22. The summed E-state index contributed by atoms with van der Waals surface area (Å²) in [5.41, 5.74) is 5.58. The molecule has 52 valence electrons. The first-order valence-electron chi connectivity index (χ1n) is 2.99. The van der Waals surface area contributed by atoms with Crippen molar-refractivity contribution in [3.05, 3.63) is 21.9 Å². The topological polar surface area (TPSA) is 49.8 Å². The highest BCUT2D eigenvalue weighted by atomic mass is 32.1. The summed E-state index contributed by atoms with van der Waals surface area (Å²) in [6, 6.07) is 5.81. The van der Waals surface area contributed by atoms with E-state index in [1.54, 1.807) is 6.07 Å². The van der Waals surface area contributed by atoms with Crippen LogP contribution in [0.4, 0.5) is 0 Å². The second-order valence-electron chi connectivity index (χ2n) is 2.10. The molecule has 0 saturated heterocycles. The minimum atomic E-state index is 0.0482. The third kappa shape index (κ3) is 1.35. The summed E-state index contributed by atoms with van der Waals surface area (Å²) < 4.78 is 0. The number of nitrogens with zero attached hydrogens (tertiary/aromatic N) is 1. The second kappa shape index (κ2) is 2.82. The molecule has 0 unspecified atom stereocenters. The van der Waals surface area contributed by atoms with Crippen molar-refractivity contribution in [2.75, 3.05) is 0 Å². The van der Waals surface area contributed by atoms with Crippen molar-refractivity contribution >= 4 is 11.3 Å². The molecule has 0 spiro atoms. The Bertz CT molecular complexity index is 257. The Kier molecular flexibility index (Phi) is 2.05. The maximum atomic E-state index is 8.45. The average molecular weight is 152 g/mol. The monoisotopic (exact) mass is 152 g/mol. The highest BCUT2D eigenvalue weighted by Crippen LogP contribution is 2.20. The number of nitriles is 1. The lowest BCUT2D eigenvalue weighted by Gasteiger charge is -1.96. The van der Waals surface area contributed by atoms with Gasteiger partial charge in [0.05, 0.1) is 0 Å². The van der Waals surface area contributed by atoms with Crippen LogP contribution in [0.2, 0.25) is 0 Å². The van der Waals surface area contributed by atoms with E-state index in [2.05, 4.69) is 6.07 Å². The molecule has 0 amide bonds. The summed E-state index contributed by atoms with van der Waals surface area (Å²) in [5, 5.41) is 8.45. The maximum Gasteiger partial charge on any atom is 0.110 e. The summed E-state index contributed by atoms with van der Waals surface area (Å²) in [6.07, 6.45) is 0. The van der Waals surface area contributed by atoms with Gasteiger partial charge in [0.1, 0.15) is 10.9 Å². The van der Waals surface area contributed by atoms with E-state index in [4.69, 9.17) is 11.0 Å². The summed E-state index contributed by atoms with van der Waals surface area (Å²) in [5.74, 6) is 0. The lowest BCUT2D eigenvalue weighted by atomic mass is 10.3. The van der Waals surface area contributed by atoms with Crippen LogP contribution in [0.5, 0.6) is 0 Å². The van der Waals surface area contributed by atoms with E-state index >= 15 is 0 Å². The molecule has 3 heteroatoms. The predicted molar refractivity (Wildman–Crippen MR) is 41.6 cm³/mol. The van der Waals surface area contributed by atoms with Crippen molar-refractivity contribution in [1.82, 2.24) is 0 Å². The molecule has 0 aliphatic rings. The smallest absolute Gasteiger partial charge is 0.110 e. The lowest BCUT2D eigenvalue weighted by molar-refractivity contribution is 0.838. The Morgan fingerprint density at radius 2 is 2.40 bits per heavy atom. The fraction of sp³-hybridized carbons (Fsp3) is 0.286. The van der Waals surface area contributed by atoms with E-state index in [9.17, 15) is 0 Å². The molecule has 1 rings (SSSR count). The molecule has 2 nitrogen and oxygen atoms in total. The number of nitrogens with two attached hydrogens (primary N) is 1. The van der Waals surface area contributed by atoms with E-state index in [0.29, 0.717) is 0 Å². The molecular formula is C7H8N2S. The van der Waals surface area contributed by atoms with Crippen molar-refractivity contribution in [3.63, 3.8) is 0 Å². The van der Waals surface area contributed by atoms with Crippen molar-refractivity contribution in [2.24, 2.45) is 5.73 Å². The average Bonchev–Trinajstić information content (AvgIpc) is 2.34.